The minimum Gasteiger partial charge on any atom is -0.423 e. The fraction of sp³-hybridized carbons (Fsp3) is 0.250. The molecule has 1 rings (SSSR count). The van der Waals surface area contributed by atoms with Crippen LogP contribution in [0.25, 0.3) is 0 Å². The van der Waals surface area contributed by atoms with Gasteiger partial charge in [0.25, 0.3) is 0 Å². The number of halogens is 1. The molecule has 0 aromatic carbocycles. The van der Waals surface area contributed by atoms with Crippen LogP contribution >= 0.6 is 22.6 Å². The zero-order chi connectivity index (χ0) is 7.56. The van der Waals surface area contributed by atoms with Crippen LogP contribution in [0.4, 0.5) is 0 Å². The van der Waals surface area contributed by atoms with Crippen molar-refractivity contribution in [2.45, 2.75) is 4.55 Å². The molecular weight excluding hydrogens is 246 g/mol. The molecule has 1 heterocycles. The maximum Gasteiger partial charge on any atom is 0.491 e. The highest BCUT2D eigenvalue weighted by Crippen LogP contribution is 1.89. The number of aromatic nitrogens is 2. The Hall–Kier alpha value is -0.0751. The van der Waals surface area contributed by atoms with E-state index in [0.717, 1.165) is 0 Å². The van der Waals surface area contributed by atoms with E-state index in [1.807, 2.05) is 0 Å². The zero-order valence-corrected chi connectivity index (χ0v) is 7.26. The van der Waals surface area contributed by atoms with Crippen molar-refractivity contribution in [1.82, 2.24) is 9.78 Å². The molecule has 6 heteroatoms. The van der Waals surface area contributed by atoms with Gasteiger partial charge in [0.15, 0.2) is 0 Å². The molecule has 0 radical (unpaired) electrons. The quantitative estimate of drug-likeness (QED) is 0.401. The van der Waals surface area contributed by atoms with Crippen LogP contribution in [-0.2, 0) is 4.55 Å². The Bertz CT molecular complexity index is 215. The predicted molar refractivity (Wildman–Crippen MR) is 46.1 cm³/mol. The average Bonchev–Trinajstić information content (AvgIpc) is 2.34. The molecular formula is C4H6BIN2O2. The first kappa shape index (κ1) is 8.03. The van der Waals surface area contributed by atoms with E-state index in [4.69, 9.17) is 10.0 Å². The van der Waals surface area contributed by atoms with Gasteiger partial charge in [0, 0.05) is 17.9 Å². The summed E-state index contributed by atoms with van der Waals surface area (Å²) >= 11 is 2.13. The fourth-order valence-electron chi connectivity index (χ4n) is 0.578. The summed E-state index contributed by atoms with van der Waals surface area (Å²) in [6, 6.07) is 0. The van der Waals surface area contributed by atoms with E-state index in [-0.39, 0.29) is 0 Å². The maximum absolute atomic E-state index is 8.63. The molecule has 2 N–H and O–H groups in total. The highest BCUT2D eigenvalue weighted by molar-refractivity contribution is 14.1. The van der Waals surface area contributed by atoms with Gasteiger partial charge in [-0.25, -0.2) is 0 Å². The average molecular weight is 252 g/mol. The lowest BCUT2D eigenvalue weighted by molar-refractivity contribution is 0.425. The molecule has 1 aromatic rings. The Balaban J connectivity index is 2.78. The second-order valence-corrected chi connectivity index (χ2v) is 2.49. The standard InChI is InChI=1S/C4H6BIN2O2/c6-3-8-2-4(1-7-8)5(9)10/h1-2,9-10H,3H2. The monoisotopic (exact) mass is 252 g/mol. The fourth-order valence-corrected chi connectivity index (χ4v) is 0.951. The zero-order valence-electron chi connectivity index (χ0n) is 5.11. The van der Waals surface area contributed by atoms with Crippen molar-refractivity contribution in [3.63, 3.8) is 0 Å². The predicted octanol–water partition coefficient (Wildman–Crippen LogP) is -1.04. The van der Waals surface area contributed by atoms with Gasteiger partial charge in [-0.3, -0.25) is 4.68 Å². The van der Waals surface area contributed by atoms with Crippen LogP contribution < -0.4 is 5.46 Å². The topological polar surface area (TPSA) is 58.3 Å². The first-order chi connectivity index (χ1) is 4.74. The molecule has 0 saturated carbocycles. The van der Waals surface area contributed by atoms with Crippen LogP contribution in [-0.4, -0.2) is 26.9 Å². The SMILES string of the molecule is OB(O)c1cnn(CI)c1. The second-order valence-electron chi connectivity index (χ2n) is 1.81. The van der Waals surface area contributed by atoms with Crippen molar-refractivity contribution >= 4 is 35.2 Å². The molecule has 0 aliphatic carbocycles. The van der Waals surface area contributed by atoms with Crippen molar-refractivity contribution in [3.8, 4) is 0 Å². The van der Waals surface area contributed by atoms with Crippen molar-refractivity contribution in [2.75, 3.05) is 0 Å². The summed E-state index contributed by atoms with van der Waals surface area (Å²) in [7, 11) is -1.41. The van der Waals surface area contributed by atoms with Gasteiger partial charge >= 0.3 is 7.12 Å². The van der Waals surface area contributed by atoms with Crippen LogP contribution in [0.2, 0.25) is 0 Å². The summed E-state index contributed by atoms with van der Waals surface area (Å²) < 4.78 is 2.33. The summed E-state index contributed by atoms with van der Waals surface area (Å²) in [5, 5.41) is 21.1. The van der Waals surface area contributed by atoms with E-state index in [0.29, 0.717) is 10.0 Å². The largest absolute Gasteiger partial charge is 0.491 e. The van der Waals surface area contributed by atoms with Gasteiger partial charge in [-0.05, 0) is 0 Å². The Labute approximate surface area is 72.1 Å². The van der Waals surface area contributed by atoms with Crippen LogP contribution in [0.5, 0.6) is 0 Å². The molecule has 0 bridgehead atoms. The molecule has 0 unspecified atom stereocenters. The molecule has 0 fully saturated rings. The third-order valence-corrected chi connectivity index (χ3v) is 1.77. The molecule has 0 amide bonds. The molecule has 0 saturated heterocycles. The smallest absolute Gasteiger partial charge is 0.423 e. The lowest BCUT2D eigenvalue weighted by atomic mass is 9.83. The highest BCUT2D eigenvalue weighted by atomic mass is 127. The maximum atomic E-state index is 8.63. The molecule has 54 valence electrons. The van der Waals surface area contributed by atoms with Gasteiger partial charge in [-0.2, -0.15) is 5.10 Å². The molecule has 10 heavy (non-hydrogen) atoms. The molecule has 0 atom stereocenters. The van der Waals surface area contributed by atoms with E-state index < -0.39 is 7.12 Å². The second kappa shape index (κ2) is 3.36. The molecule has 0 spiro atoms. The van der Waals surface area contributed by atoms with Crippen LogP contribution in [0, 0.1) is 0 Å². The van der Waals surface area contributed by atoms with Crippen LogP contribution in [0.15, 0.2) is 12.4 Å². The summed E-state index contributed by atoms with van der Waals surface area (Å²) in [5.41, 5.74) is 0.427. The van der Waals surface area contributed by atoms with Crippen LogP contribution in [0.1, 0.15) is 0 Å². The van der Waals surface area contributed by atoms with Crippen LogP contribution in [0.3, 0.4) is 0 Å². The van der Waals surface area contributed by atoms with Crippen molar-refractivity contribution in [3.05, 3.63) is 12.4 Å². The van der Waals surface area contributed by atoms with E-state index in [1.54, 1.807) is 10.9 Å². The number of alkyl halides is 1. The van der Waals surface area contributed by atoms with Gasteiger partial charge in [0.05, 0.1) is 4.55 Å². The Morgan fingerprint density at radius 2 is 2.40 bits per heavy atom. The first-order valence-corrected chi connectivity index (χ1v) is 4.21. The number of rotatable bonds is 2. The minimum atomic E-state index is -1.41. The van der Waals surface area contributed by atoms with Crippen molar-refractivity contribution < 1.29 is 10.0 Å². The Kier molecular flexibility index (Phi) is 2.69. The van der Waals surface area contributed by atoms with E-state index in [1.165, 1.54) is 6.20 Å². The van der Waals surface area contributed by atoms with Gasteiger partial charge in [-0.15, -0.1) is 0 Å². The van der Waals surface area contributed by atoms with E-state index in [2.05, 4.69) is 27.7 Å². The first-order valence-electron chi connectivity index (χ1n) is 2.68. The third-order valence-electron chi connectivity index (χ3n) is 1.07. The van der Waals surface area contributed by atoms with Crippen molar-refractivity contribution in [1.29, 1.82) is 0 Å². The lowest BCUT2D eigenvalue weighted by Gasteiger charge is -1.90. The van der Waals surface area contributed by atoms with Gasteiger partial charge in [0.2, 0.25) is 0 Å². The summed E-state index contributed by atoms with van der Waals surface area (Å²) in [4.78, 5) is 0. The molecule has 4 nitrogen and oxygen atoms in total. The Morgan fingerprint density at radius 1 is 1.70 bits per heavy atom. The van der Waals surface area contributed by atoms with E-state index >= 15 is 0 Å². The van der Waals surface area contributed by atoms with Gasteiger partial charge in [0.1, 0.15) is 0 Å². The van der Waals surface area contributed by atoms with Gasteiger partial charge < -0.3 is 10.0 Å². The van der Waals surface area contributed by atoms with Crippen molar-refractivity contribution in [2.24, 2.45) is 0 Å². The molecule has 1 aromatic heterocycles. The number of hydrogen-bond donors (Lipinski definition) is 2. The van der Waals surface area contributed by atoms with Gasteiger partial charge in [-0.1, -0.05) is 22.6 Å². The molecule has 0 aliphatic rings. The van der Waals surface area contributed by atoms with E-state index in [9.17, 15) is 0 Å². The summed E-state index contributed by atoms with van der Waals surface area (Å²) in [6.45, 7) is 0. The normalized spacial score (nSPS) is 9.90. The number of nitrogens with zero attached hydrogens (tertiary/aromatic N) is 2. The number of hydrogen-bond acceptors (Lipinski definition) is 3. The lowest BCUT2D eigenvalue weighted by Crippen LogP contribution is -2.28. The minimum absolute atomic E-state index is 0.427. The summed E-state index contributed by atoms with van der Waals surface area (Å²) in [6.07, 6.45) is 3.03. The third kappa shape index (κ3) is 1.71. The highest BCUT2D eigenvalue weighted by Gasteiger charge is 2.12. The Morgan fingerprint density at radius 3 is 2.70 bits per heavy atom. The molecule has 0 aliphatic heterocycles. The summed E-state index contributed by atoms with van der Waals surface area (Å²) in [5.74, 6) is 0.